The van der Waals surface area contributed by atoms with Gasteiger partial charge in [0.25, 0.3) is 0 Å². The molecule has 2 aromatic rings. The third-order valence-corrected chi connectivity index (χ3v) is 3.32. The summed E-state index contributed by atoms with van der Waals surface area (Å²) in [5.74, 6) is 1.02. The van der Waals surface area contributed by atoms with E-state index in [0.717, 1.165) is 18.7 Å². The first-order chi connectivity index (χ1) is 9.70. The van der Waals surface area contributed by atoms with Crippen LogP contribution in [0.5, 0.6) is 0 Å². The number of hydrogen-bond acceptors (Lipinski definition) is 5. The second-order valence-corrected chi connectivity index (χ2v) is 4.88. The van der Waals surface area contributed by atoms with E-state index in [1.165, 1.54) is 12.1 Å². The van der Waals surface area contributed by atoms with Crippen LogP contribution in [-0.2, 0) is 11.3 Å². The van der Waals surface area contributed by atoms with Crippen molar-refractivity contribution in [1.29, 1.82) is 0 Å². The van der Waals surface area contributed by atoms with Gasteiger partial charge in [-0.2, -0.15) is 4.98 Å². The average Bonchev–Trinajstić information content (AvgIpc) is 2.85. The van der Waals surface area contributed by atoms with Crippen LogP contribution in [0.15, 0.2) is 28.8 Å². The van der Waals surface area contributed by atoms with Crippen molar-refractivity contribution in [2.45, 2.75) is 19.6 Å². The van der Waals surface area contributed by atoms with E-state index in [9.17, 15) is 4.39 Å². The number of benzene rings is 1. The fraction of sp³-hybridized carbons (Fsp3) is 0.429. The molecule has 0 spiro atoms. The van der Waals surface area contributed by atoms with Crippen LogP contribution in [0.1, 0.15) is 23.4 Å². The highest BCUT2D eigenvalue weighted by atomic mass is 19.1. The smallest absolute Gasteiger partial charge is 0.240 e. The van der Waals surface area contributed by atoms with Crippen molar-refractivity contribution in [1.82, 2.24) is 15.0 Å². The maximum absolute atomic E-state index is 12.9. The lowest BCUT2D eigenvalue weighted by Crippen LogP contribution is -2.37. The monoisotopic (exact) mass is 277 g/mol. The fourth-order valence-corrected chi connectivity index (χ4v) is 2.32. The Balaban J connectivity index is 1.65. The molecule has 1 aliphatic rings. The van der Waals surface area contributed by atoms with Gasteiger partial charge in [-0.25, -0.2) is 4.39 Å². The van der Waals surface area contributed by atoms with E-state index in [-0.39, 0.29) is 11.9 Å². The zero-order valence-electron chi connectivity index (χ0n) is 11.3. The van der Waals surface area contributed by atoms with Crippen LogP contribution in [-0.4, -0.2) is 34.7 Å². The largest absolute Gasteiger partial charge is 0.371 e. The normalized spacial score (nSPS) is 20.2. The third-order valence-electron chi connectivity index (χ3n) is 3.32. The molecule has 0 aliphatic carbocycles. The minimum atomic E-state index is -0.234. The summed E-state index contributed by atoms with van der Waals surface area (Å²) in [4.78, 5) is 6.40. The topological polar surface area (TPSA) is 51.4 Å². The zero-order valence-corrected chi connectivity index (χ0v) is 11.3. The molecule has 5 nitrogen and oxygen atoms in total. The molecule has 1 saturated heterocycles. The van der Waals surface area contributed by atoms with Gasteiger partial charge in [0.1, 0.15) is 5.82 Å². The molecule has 6 heteroatoms. The average molecular weight is 277 g/mol. The van der Waals surface area contributed by atoms with Gasteiger partial charge in [0.2, 0.25) is 5.89 Å². The highest BCUT2D eigenvalue weighted by Crippen LogP contribution is 2.23. The summed E-state index contributed by atoms with van der Waals surface area (Å²) in [5, 5.41) is 3.78. The molecule has 1 atom stereocenters. The van der Waals surface area contributed by atoms with E-state index in [0.29, 0.717) is 24.9 Å². The van der Waals surface area contributed by atoms with Crippen molar-refractivity contribution >= 4 is 0 Å². The molecular formula is C14H16FN3O2. The Morgan fingerprint density at radius 3 is 2.85 bits per heavy atom. The number of morpholine rings is 1. The van der Waals surface area contributed by atoms with Crippen LogP contribution in [0.3, 0.4) is 0 Å². The number of ether oxygens (including phenoxy) is 1. The highest BCUT2D eigenvalue weighted by Gasteiger charge is 2.23. The molecule has 20 heavy (non-hydrogen) atoms. The van der Waals surface area contributed by atoms with Gasteiger partial charge in [-0.3, -0.25) is 4.90 Å². The molecule has 0 radical (unpaired) electrons. The third kappa shape index (κ3) is 3.02. The van der Waals surface area contributed by atoms with Crippen LogP contribution in [0.25, 0.3) is 0 Å². The molecule has 3 rings (SSSR count). The van der Waals surface area contributed by atoms with Gasteiger partial charge >= 0.3 is 0 Å². The Kier molecular flexibility index (Phi) is 3.75. The van der Waals surface area contributed by atoms with Gasteiger partial charge in [0.05, 0.1) is 19.3 Å². The molecule has 0 N–H and O–H groups in total. The molecule has 0 bridgehead atoms. The lowest BCUT2D eigenvalue weighted by molar-refractivity contribution is -0.0356. The first kappa shape index (κ1) is 13.2. The predicted octanol–water partition coefficient (Wildman–Crippen LogP) is 2.09. The summed E-state index contributed by atoms with van der Waals surface area (Å²) in [6.07, 6.45) is -0.0478. The Labute approximate surface area is 116 Å². The van der Waals surface area contributed by atoms with E-state index in [1.54, 1.807) is 19.1 Å². The summed E-state index contributed by atoms with van der Waals surface area (Å²) < 4.78 is 23.8. The number of nitrogens with zero attached hydrogens (tertiary/aromatic N) is 3. The summed E-state index contributed by atoms with van der Waals surface area (Å²) in [5.41, 5.74) is 0.984. The summed E-state index contributed by atoms with van der Waals surface area (Å²) in [7, 11) is 0. The summed E-state index contributed by atoms with van der Waals surface area (Å²) in [6, 6.07) is 6.44. The standard InChI is InChI=1S/C14H16FN3O2/c1-10-16-14(20-17-10)9-18-6-7-19-13(8-18)11-2-4-12(15)5-3-11/h2-5,13H,6-9H2,1H3. The first-order valence-electron chi connectivity index (χ1n) is 6.59. The second kappa shape index (κ2) is 5.68. The number of hydrogen-bond donors (Lipinski definition) is 0. The molecule has 1 unspecified atom stereocenters. The number of halogens is 1. The van der Waals surface area contributed by atoms with Crippen molar-refractivity contribution < 1.29 is 13.7 Å². The van der Waals surface area contributed by atoms with Crippen LogP contribution in [0.2, 0.25) is 0 Å². The van der Waals surface area contributed by atoms with Crippen molar-refractivity contribution in [3.8, 4) is 0 Å². The van der Waals surface area contributed by atoms with E-state index in [4.69, 9.17) is 9.26 Å². The Morgan fingerprint density at radius 2 is 2.15 bits per heavy atom. The molecule has 106 valence electrons. The Hall–Kier alpha value is -1.79. The molecule has 1 aromatic carbocycles. The minimum Gasteiger partial charge on any atom is -0.371 e. The zero-order chi connectivity index (χ0) is 13.9. The SMILES string of the molecule is Cc1noc(CN2CCOC(c3ccc(F)cc3)C2)n1. The predicted molar refractivity (Wildman–Crippen MR) is 69.4 cm³/mol. The lowest BCUT2D eigenvalue weighted by atomic mass is 10.1. The lowest BCUT2D eigenvalue weighted by Gasteiger charge is -2.32. The highest BCUT2D eigenvalue weighted by molar-refractivity contribution is 5.19. The molecule has 2 heterocycles. The Morgan fingerprint density at radius 1 is 1.35 bits per heavy atom. The van der Waals surface area contributed by atoms with Gasteiger partial charge in [-0.1, -0.05) is 17.3 Å². The molecule has 1 aliphatic heterocycles. The van der Waals surface area contributed by atoms with E-state index >= 15 is 0 Å². The summed E-state index contributed by atoms with van der Waals surface area (Å²) in [6.45, 7) is 4.59. The van der Waals surface area contributed by atoms with Gasteiger partial charge in [0, 0.05) is 13.1 Å². The van der Waals surface area contributed by atoms with Crippen LogP contribution >= 0.6 is 0 Å². The number of rotatable bonds is 3. The van der Waals surface area contributed by atoms with Crippen molar-refractivity contribution in [3.05, 3.63) is 47.4 Å². The van der Waals surface area contributed by atoms with Crippen LogP contribution < -0.4 is 0 Å². The van der Waals surface area contributed by atoms with Gasteiger partial charge in [-0.15, -0.1) is 0 Å². The van der Waals surface area contributed by atoms with Gasteiger partial charge in [-0.05, 0) is 24.6 Å². The second-order valence-electron chi connectivity index (χ2n) is 4.88. The van der Waals surface area contributed by atoms with Gasteiger partial charge in [0.15, 0.2) is 5.82 Å². The fourth-order valence-electron chi connectivity index (χ4n) is 2.32. The van der Waals surface area contributed by atoms with Crippen LogP contribution in [0, 0.1) is 12.7 Å². The van der Waals surface area contributed by atoms with Gasteiger partial charge < -0.3 is 9.26 Å². The molecule has 0 amide bonds. The van der Waals surface area contributed by atoms with Crippen LogP contribution in [0.4, 0.5) is 4.39 Å². The van der Waals surface area contributed by atoms with Crippen molar-refractivity contribution in [3.63, 3.8) is 0 Å². The molecule has 1 aromatic heterocycles. The number of aryl methyl sites for hydroxylation is 1. The molecular weight excluding hydrogens is 261 g/mol. The maximum Gasteiger partial charge on any atom is 0.240 e. The molecule has 1 fully saturated rings. The van der Waals surface area contributed by atoms with Crippen molar-refractivity contribution in [2.75, 3.05) is 19.7 Å². The minimum absolute atomic E-state index is 0.0478. The van der Waals surface area contributed by atoms with Crippen molar-refractivity contribution in [2.24, 2.45) is 0 Å². The number of aromatic nitrogens is 2. The van der Waals surface area contributed by atoms with E-state index < -0.39 is 0 Å². The maximum atomic E-state index is 12.9. The quantitative estimate of drug-likeness (QED) is 0.860. The Bertz CT molecular complexity index is 570. The van der Waals surface area contributed by atoms with E-state index in [2.05, 4.69) is 15.0 Å². The molecule has 0 saturated carbocycles. The van der Waals surface area contributed by atoms with E-state index in [1.807, 2.05) is 0 Å². The first-order valence-corrected chi connectivity index (χ1v) is 6.59. The summed E-state index contributed by atoms with van der Waals surface area (Å²) >= 11 is 0.